The molecule has 1 aromatic heterocycles. The summed E-state index contributed by atoms with van der Waals surface area (Å²) in [5.74, 6) is -1.48. The molecule has 18 heavy (non-hydrogen) atoms. The normalized spacial score (nSPS) is 13.1. The Morgan fingerprint density at radius 3 is 2.50 bits per heavy atom. The van der Waals surface area contributed by atoms with Crippen molar-refractivity contribution in [1.82, 2.24) is 9.78 Å². The highest BCUT2D eigenvalue weighted by Gasteiger charge is 2.26. The van der Waals surface area contributed by atoms with Gasteiger partial charge >= 0.3 is 11.9 Å². The lowest BCUT2D eigenvalue weighted by atomic mass is 10.1. The van der Waals surface area contributed by atoms with E-state index in [9.17, 15) is 9.59 Å². The summed E-state index contributed by atoms with van der Waals surface area (Å²) in [6.45, 7) is 7.16. The number of carboxylic acids is 1. The number of ether oxygens (including phenoxy) is 1. The Kier molecular flexibility index (Phi) is 4.11. The molecule has 0 bridgehead atoms. The molecular weight excluding hydrogens is 236 g/mol. The number of nitrogens with zero attached hydrogens (tertiary/aromatic N) is 2. The van der Waals surface area contributed by atoms with Crippen LogP contribution in [0.2, 0.25) is 0 Å². The molecule has 100 valence electrons. The summed E-state index contributed by atoms with van der Waals surface area (Å²) in [6, 6.07) is -0.600. The molecule has 0 spiro atoms. The molecule has 6 heteroatoms. The van der Waals surface area contributed by atoms with Gasteiger partial charge in [0.15, 0.2) is 0 Å². The van der Waals surface area contributed by atoms with Crippen molar-refractivity contribution in [2.24, 2.45) is 0 Å². The largest absolute Gasteiger partial charge is 0.478 e. The quantitative estimate of drug-likeness (QED) is 0.829. The zero-order valence-electron chi connectivity index (χ0n) is 11.0. The molecule has 0 aromatic carbocycles. The minimum Gasteiger partial charge on any atom is -0.478 e. The average molecular weight is 254 g/mol. The molecule has 1 aromatic rings. The van der Waals surface area contributed by atoms with E-state index in [2.05, 4.69) is 5.10 Å². The van der Waals surface area contributed by atoms with Crippen molar-refractivity contribution in [3.8, 4) is 0 Å². The van der Waals surface area contributed by atoms with Crippen molar-refractivity contribution in [2.45, 2.75) is 45.8 Å². The van der Waals surface area contributed by atoms with E-state index in [4.69, 9.17) is 9.84 Å². The van der Waals surface area contributed by atoms with E-state index in [0.29, 0.717) is 6.42 Å². The molecule has 0 fully saturated rings. The molecule has 6 nitrogen and oxygen atoms in total. The molecule has 0 aliphatic heterocycles. The second-order valence-electron chi connectivity index (χ2n) is 4.97. The summed E-state index contributed by atoms with van der Waals surface area (Å²) in [5.41, 5.74) is -0.523. The third-order valence-corrected chi connectivity index (χ3v) is 2.23. The van der Waals surface area contributed by atoms with Gasteiger partial charge in [-0.3, -0.25) is 4.68 Å². The lowest BCUT2D eigenvalue weighted by Crippen LogP contribution is -2.30. The van der Waals surface area contributed by atoms with Gasteiger partial charge in [-0.25, -0.2) is 9.59 Å². The van der Waals surface area contributed by atoms with Crippen LogP contribution in [0.5, 0.6) is 0 Å². The van der Waals surface area contributed by atoms with Crippen LogP contribution in [-0.4, -0.2) is 32.4 Å². The molecule has 1 N–H and O–H groups in total. The predicted molar refractivity (Wildman–Crippen MR) is 64.4 cm³/mol. The van der Waals surface area contributed by atoms with Gasteiger partial charge in [0.2, 0.25) is 0 Å². The van der Waals surface area contributed by atoms with Crippen molar-refractivity contribution in [3.63, 3.8) is 0 Å². The summed E-state index contributed by atoms with van der Waals surface area (Å²) in [7, 11) is 0. The Hall–Kier alpha value is -1.85. The fourth-order valence-corrected chi connectivity index (χ4v) is 1.45. The van der Waals surface area contributed by atoms with Crippen LogP contribution in [0.4, 0.5) is 0 Å². The molecule has 0 saturated heterocycles. The van der Waals surface area contributed by atoms with Crippen molar-refractivity contribution in [3.05, 3.63) is 18.0 Å². The topological polar surface area (TPSA) is 81.4 Å². The van der Waals surface area contributed by atoms with E-state index >= 15 is 0 Å². The van der Waals surface area contributed by atoms with Crippen molar-refractivity contribution in [2.75, 3.05) is 0 Å². The number of carbonyl (C=O) groups excluding carboxylic acids is 1. The van der Waals surface area contributed by atoms with Crippen LogP contribution < -0.4 is 0 Å². The summed E-state index contributed by atoms with van der Waals surface area (Å²) < 4.78 is 6.60. The number of hydrogen-bond acceptors (Lipinski definition) is 4. The first kappa shape index (κ1) is 14.2. The maximum absolute atomic E-state index is 11.9. The molecule has 1 heterocycles. The van der Waals surface area contributed by atoms with E-state index in [1.807, 2.05) is 6.92 Å². The zero-order chi connectivity index (χ0) is 13.9. The Morgan fingerprint density at radius 2 is 2.11 bits per heavy atom. The maximum atomic E-state index is 11.9. The third kappa shape index (κ3) is 3.58. The first-order chi connectivity index (χ1) is 8.24. The molecular formula is C12H18N2O4. The summed E-state index contributed by atoms with van der Waals surface area (Å²) >= 11 is 0. The van der Waals surface area contributed by atoms with Gasteiger partial charge in [0.1, 0.15) is 11.6 Å². The summed E-state index contributed by atoms with van der Waals surface area (Å²) in [5, 5.41) is 12.7. The Bertz CT molecular complexity index is 445. The third-order valence-electron chi connectivity index (χ3n) is 2.23. The van der Waals surface area contributed by atoms with E-state index in [0.717, 1.165) is 0 Å². The van der Waals surface area contributed by atoms with E-state index in [-0.39, 0.29) is 5.56 Å². The van der Waals surface area contributed by atoms with Gasteiger partial charge in [-0.1, -0.05) is 6.92 Å². The number of esters is 1. The van der Waals surface area contributed by atoms with Gasteiger partial charge in [-0.05, 0) is 27.2 Å². The van der Waals surface area contributed by atoms with Crippen LogP contribution >= 0.6 is 0 Å². The molecule has 0 aliphatic carbocycles. The highest BCUT2D eigenvalue weighted by Crippen LogP contribution is 2.18. The lowest BCUT2D eigenvalue weighted by Gasteiger charge is -2.23. The summed E-state index contributed by atoms with van der Waals surface area (Å²) in [4.78, 5) is 22.7. The fourth-order valence-electron chi connectivity index (χ4n) is 1.45. The molecule has 0 saturated carbocycles. The van der Waals surface area contributed by atoms with E-state index in [1.165, 1.54) is 17.1 Å². The minimum atomic E-state index is -1.07. The van der Waals surface area contributed by atoms with Gasteiger partial charge in [0, 0.05) is 6.20 Å². The number of carboxylic acid groups (broad SMARTS) is 1. The first-order valence-corrected chi connectivity index (χ1v) is 5.75. The maximum Gasteiger partial charge on any atom is 0.338 e. The average Bonchev–Trinajstić information content (AvgIpc) is 2.65. The van der Waals surface area contributed by atoms with Crippen LogP contribution in [0.1, 0.15) is 50.5 Å². The molecule has 0 aliphatic rings. The molecule has 1 unspecified atom stereocenters. The summed E-state index contributed by atoms with van der Waals surface area (Å²) in [6.07, 6.45) is 3.03. The van der Waals surface area contributed by atoms with E-state index < -0.39 is 23.6 Å². The molecule has 1 atom stereocenters. The van der Waals surface area contributed by atoms with Crippen LogP contribution in [0.15, 0.2) is 12.4 Å². The lowest BCUT2D eigenvalue weighted by molar-refractivity contribution is -0.159. The Labute approximate surface area is 106 Å². The van der Waals surface area contributed by atoms with Gasteiger partial charge in [0.25, 0.3) is 0 Å². The number of aromatic carboxylic acids is 1. The highest BCUT2D eigenvalue weighted by atomic mass is 16.6. The zero-order valence-corrected chi connectivity index (χ0v) is 11.0. The van der Waals surface area contributed by atoms with Crippen molar-refractivity contribution < 1.29 is 19.4 Å². The fraction of sp³-hybridized carbons (Fsp3) is 0.583. The molecule has 1 rings (SSSR count). The van der Waals surface area contributed by atoms with Crippen LogP contribution in [0.3, 0.4) is 0 Å². The standard InChI is InChI=1S/C12H18N2O4/c1-5-9(11(17)18-12(2,3)4)14-7-8(6-13-14)10(15)16/h6-7,9H,5H2,1-4H3,(H,15,16). The van der Waals surface area contributed by atoms with Crippen molar-refractivity contribution >= 4 is 11.9 Å². The van der Waals surface area contributed by atoms with E-state index in [1.54, 1.807) is 20.8 Å². The SMILES string of the molecule is CCC(C(=O)OC(C)(C)C)n1cc(C(=O)O)cn1. The minimum absolute atomic E-state index is 0.0528. The van der Waals surface area contributed by atoms with Gasteiger partial charge in [0.05, 0.1) is 11.8 Å². The Morgan fingerprint density at radius 1 is 1.50 bits per heavy atom. The second-order valence-corrected chi connectivity index (χ2v) is 4.97. The van der Waals surface area contributed by atoms with Gasteiger partial charge in [-0.15, -0.1) is 0 Å². The van der Waals surface area contributed by atoms with Crippen LogP contribution in [-0.2, 0) is 9.53 Å². The predicted octanol–water partition coefficient (Wildman–Crippen LogP) is 1.87. The first-order valence-electron chi connectivity index (χ1n) is 5.75. The second kappa shape index (κ2) is 5.20. The molecule has 0 radical (unpaired) electrons. The Balaban J connectivity index is 2.88. The number of aromatic nitrogens is 2. The number of hydrogen-bond donors (Lipinski definition) is 1. The van der Waals surface area contributed by atoms with Crippen LogP contribution in [0, 0.1) is 0 Å². The van der Waals surface area contributed by atoms with Gasteiger partial charge < -0.3 is 9.84 Å². The van der Waals surface area contributed by atoms with Crippen molar-refractivity contribution in [1.29, 1.82) is 0 Å². The number of rotatable bonds is 4. The molecule has 0 amide bonds. The van der Waals surface area contributed by atoms with Crippen LogP contribution in [0.25, 0.3) is 0 Å². The number of carbonyl (C=O) groups is 2. The highest BCUT2D eigenvalue weighted by molar-refractivity contribution is 5.87. The smallest absolute Gasteiger partial charge is 0.338 e. The van der Waals surface area contributed by atoms with Gasteiger partial charge in [-0.2, -0.15) is 5.10 Å². The monoisotopic (exact) mass is 254 g/mol.